The predicted molar refractivity (Wildman–Crippen MR) is 63.5 cm³/mol. The number of halogens is 3. The van der Waals surface area contributed by atoms with Crippen molar-refractivity contribution < 1.29 is 13.2 Å². The van der Waals surface area contributed by atoms with E-state index < -0.39 is 12.6 Å². The average molecular weight is 253 g/mol. The number of alkyl halides is 3. The van der Waals surface area contributed by atoms with Crippen LogP contribution in [0.25, 0.3) is 0 Å². The number of thioether (sulfide) groups is 1. The van der Waals surface area contributed by atoms with E-state index in [1.54, 1.807) is 11.8 Å². The molecule has 0 amide bonds. The summed E-state index contributed by atoms with van der Waals surface area (Å²) in [7, 11) is 0. The van der Waals surface area contributed by atoms with Crippen molar-refractivity contribution in [2.24, 2.45) is 0 Å². The molecule has 5 heteroatoms. The van der Waals surface area contributed by atoms with Crippen LogP contribution < -0.4 is 5.32 Å². The van der Waals surface area contributed by atoms with Gasteiger partial charge < -0.3 is 5.32 Å². The van der Waals surface area contributed by atoms with Gasteiger partial charge in [-0.3, -0.25) is 0 Å². The first kappa shape index (κ1) is 15.7. The molecule has 0 aliphatic carbocycles. The van der Waals surface area contributed by atoms with E-state index in [0.29, 0.717) is 12.2 Å². The fourth-order valence-corrected chi connectivity index (χ4v) is 1.74. The minimum atomic E-state index is -4.03. The summed E-state index contributed by atoms with van der Waals surface area (Å²) in [5, 5.41) is 3.17. The molecule has 1 N–H and O–H groups in total. The molecule has 0 aliphatic heterocycles. The Morgan fingerprint density at radius 2 is 2.12 bits per heavy atom. The van der Waals surface area contributed by atoms with E-state index in [9.17, 15) is 13.2 Å². The standard InChI is InChI=1S/C11H18F3NS/c1-3-8-16-9-7-15-10(2)5-4-6-11(12,13)14/h1,10,15H,4-9H2,2H3. The summed E-state index contributed by atoms with van der Waals surface area (Å²) in [5.41, 5.74) is 0. The van der Waals surface area contributed by atoms with Crippen molar-refractivity contribution in [1.29, 1.82) is 0 Å². The second kappa shape index (κ2) is 8.77. The van der Waals surface area contributed by atoms with Crippen LogP contribution in [0.15, 0.2) is 0 Å². The molecule has 0 saturated carbocycles. The van der Waals surface area contributed by atoms with Crippen molar-refractivity contribution in [3.05, 3.63) is 0 Å². The van der Waals surface area contributed by atoms with Crippen molar-refractivity contribution in [2.45, 2.75) is 38.4 Å². The molecule has 0 rings (SSSR count). The molecule has 0 radical (unpaired) electrons. The number of hydrogen-bond donors (Lipinski definition) is 1. The van der Waals surface area contributed by atoms with E-state index >= 15 is 0 Å². The zero-order chi connectivity index (χ0) is 12.4. The molecule has 1 atom stereocenters. The van der Waals surface area contributed by atoms with Gasteiger partial charge >= 0.3 is 6.18 Å². The maximum absolute atomic E-state index is 11.9. The van der Waals surface area contributed by atoms with Crippen molar-refractivity contribution >= 4 is 11.8 Å². The number of hydrogen-bond acceptors (Lipinski definition) is 2. The van der Waals surface area contributed by atoms with Crippen molar-refractivity contribution in [1.82, 2.24) is 5.32 Å². The summed E-state index contributed by atoms with van der Waals surface area (Å²) in [6, 6.07) is 0.133. The van der Waals surface area contributed by atoms with E-state index in [1.165, 1.54) is 0 Å². The number of rotatable bonds is 8. The molecule has 0 spiro atoms. The largest absolute Gasteiger partial charge is 0.389 e. The molecule has 0 aliphatic rings. The van der Waals surface area contributed by atoms with Gasteiger partial charge in [0.15, 0.2) is 0 Å². The minimum Gasteiger partial charge on any atom is -0.313 e. The fraction of sp³-hybridized carbons (Fsp3) is 0.818. The minimum absolute atomic E-state index is 0.133. The first-order valence-electron chi connectivity index (χ1n) is 5.27. The Kier molecular flexibility index (Phi) is 8.58. The summed E-state index contributed by atoms with van der Waals surface area (Å²) in [6.07, 6.45) is 1.11. The summed E-state index contributed by atoms with van der Waals surface area (Å²) in [6.45, 7) is 2.70. The molecule has 0 fully saturated rings. The normalized spacial score (nSPS) is 13.4. The van der Waals surface area contributed by atoms with Crippen LogP contribution in [0.2, 0.25) is 0 Å². The highest BCUT2D eigenvalue weighted by atomic mass is 32.2. The van der Waals surface area contributed by atoms with Gasteiger partial charge in [0.2, 0.25) is 0 Å². The van der Waals surface area contributed by atoms with Crippen LogP contribution in [-0.2, 0) is 0 Å². The lowest BCUT2D eigenvalue weighted by Crippen LogP contribution is -2.28. The zero-order valence-corrected chi connectivity index (χ0v) is 10.3. The fourth-order valence-electron chi connectivity index (χ4n) is 1.22. The third-order valence-electron chi connectivity index (χ3n) is 2.02. The molecule has 94 valence electrons. The third kappa shape index (κ3) is 11.7. The highest BCUT2D eigenvalue weighted by molar-refractivity contribution is 7.99. The second-order valence-corrected chi connectivity index (χ2v) is 4.72. The molecule has 0 saturated heterocycles. The lowest BCUT2D eigenvalue weighted by atomic mass is 10.1. The van der Waals surface area contributed by atoms with E-state index in [0.717, 1.165) is 12.3 Å². The van der Waals surface area contributed by atoms with Crippen LogP contribution in [0, 0.1) is 12.3 Å². The van der Waals surface area contributed by atoms with E-state index in [4.69, 9.17) is 6.42 Å². The molecular weight excluding hydrogens is 235 g/mol. The lowest BCUT2D eigenvalue weighted by Gasteiger charge is -2.13. The topological polar surface area (TPSA) is 12.0 Å². The lowest BCUT2D eigenvalue weighted by molar-refractivity contribution is -0.135. The van der Waals surface area contributed by atoms with Gasteiger partial charge in [0, 0.05) is 24.8 Å². The highest BCUT2D eigenvalue weighted by Gasteiger charge is 2.26. The third-order valence-corrected chi connectivity index (χ3v) is 2.89. The van der Waals surface area contributed by atoms with Gasteiger partial charge in [0.25, 0.3) is 0 Å². The van der Waals surface area contributed by atoms with E-state index in [-0.39, 0.29) is 12.5 Å². The first-order valence-corrected chi connectivity index (χ1v) is 6.42. The Hall–Kier alpha value is -0.340. The summed E-state index contributed by atoms with van der Waals surface area (Å²) >= 11 is 1.64. The summed E-state index contributed by atoms with van der Waals surface area (Å²) < 4.78 is 35.6. The molecule has 1 nitrogen and oxygen atoms in total. The molecule has 16 heavy (non-hydrogen) atoms. The Labute approximate surface area is 99.6 Å². The van der Waals surface area contributed by atoms with E-state index in [2.05, 4.69) is 11.2 Å². The Morgan fingerprint density at radius 1 is 1.44 bits per heavy atom. The van der Waals surface area contributed by atoms with Gasteiger partial charge in [-0.2, -0.15) is 13.2 Å². The monoisotopic (exact) mass is 253 g/mol. The first-order chi connectivity index (χ1) is 7.45. The molecule has 0 heterocycles. The maximum Gasteiger partial charge on any atom is 0.389 e. The quantitative estimate of drug-likeness (QED) is 0.527. The van der Waals surface area contributed by atoms with Crippen LogP contribution in [0.5, 0.6) is 0 Å². The van der Waals surface area contributed by atoms with Crippen molar-refractivity contribution in [3.8, 4) is 12.3 Å². The van der Waals surface area contributed by atoms with Crippen molar-refractivity contribution in [2.75, 3.05) is 18.1 Å². The van der Waals surface area contributed by atoms with Crippen LogP contribution in [0.3, 0.4) is 0 Å². The SMILES string of the molecule is C#CCSCCNC(C)CCCC(F)(F)F. The van der Waals surface area contributed by atoms with Gasteiger partial charge in [0.05, 0.1) is 5.75 Å². The molecule has 0 bridgehead atoms. The van der Waals surface area contributed by atoms with Gasteiger partial charge in [-0.05, 0) is 19.8 Å². The highest BCUT2D eigenvalue weighted by Crippen LogP contribution is 2.22. The van der Waals surface area contributed by atoms with Gasteiger partial charge in [0.1, 0.15) is 0 Å². The summed E-state index contributed by atoms with van der Waals surface area (Å²) in [4.78, 5) is 0. The summed E-state index contributed by atoms with van der Waals surface area (Å²) in [5.74, 6) is 4.10. The van der Waals surface area contributed by atoms with Gasteiger partial charge in [-0.25, -0.2) is 0 Å². The Balaban J connectivity index is 3.32. The smallest absolute Gasteiger partial charge is 0.313 e. The maximum atomic E-state index is 11.9. The van der Waals surface area contributed by atoms with Crippen LogP contribution >= 0.6 is 11.8 Å². The number of nitrogens with one attached hydrogen (secondary N) is 1. The molecular formula is C11H18F3NS. The van der Waals surface area contributed by atoms with Gasteiger partial charge in [-0.15, -0.1) is 18.2 Å². The molecule has 0 aromatic heterocycles. The predicted octanol–water partition coefficient (Wildman–Crippen LogP) is 3.06. The molecule has 1 unspecified atom stereocenters. The van der Waals surface area contributed by atoms with Crippen LogP contribution in [0.4, 0.5) is 13.2 Å². The van der Waals surface area contributed by atoms with Crippen LogP contribution in [0.1, 0.15) is 26.2 Å². The Morgan fingerprint density at radius 3 is 2.69 bits per heavy atom. The average Bonchev–Trinajstić information content (AvgIpc) is 2.15. The van der Waals surface area contributed by atoms with Crippen molar-refractivity contribution in [3.63, 3.8) is 0 Å². The molecule has 0 aromatic carbocycles. The molecule has 0 aromatic rings. The van der Waals surface area contributed by atoms with Crippen LogP contribution in [-0.4, -0.2) is 30.3 Å². The number of terminal acetylenes is 1. The second-order valence-electron chi connectivity index (χ2n) is 3.62. The Bertz CT molecular complexity index is 210. The van der Waals surface area contributed by atoms with E-state index in [1.807, 2.05) is 6.92 Å². The van der Waals surface area contributed by atoms with Gasteiger partial charge in [-0.1, -0.05) is 5.92 Å². The zero-order valence-electron chi connectivity index (χ0n) is 9.44.